The van der Waals surface area contributed by atoms with Crippen molar-refractivity contribution in [1.29, 1.82) is 0 Å². The minimum Gasteiger partial charge on any atom is -0.495 e. The molecule has 2 fully saturated rings. The van der Waals surface area contributed by atoms with E-state index in [1.54, 1.807) is 7.11 Å². The number of anilines is 1. The lowest BCUT2D eigenvalue weighted by atomic mass is 9.82. The van der Waals surface area contributed by atoms with Crippen molar-refractivity contribution in [3.8, 4) is 5.75 Å². The predicted molar refractivity (Wildman–Crippen MR) is 82.8 cm³/mol. The number of rotatable bonds is 4. The minimum absolute atomic E-state index is 0.644. The number of nitrogens with one attached hydrogen (secondary N) is 1. The van der Waals surface area contributed by atoms with E-state index >= 15 is 0 Å². The number of methoxy groups -OCH3 is 1. The highest BCUT2D eigenvalue weighted by molar-refractivity contribution is 9.10. The molecule has 2 unspecified atom stereocenters. The molecule has 0 aromatic heterocycles. The van der Waals surface area contributed by atoms with Gasteiger partial charge in [-0.05, 0) is 65.6 Å². The summed E-state index contributed by atoms with van der Waals surface area (Å²) >= 11 is 3.50. The lowest BCUT2D eigenvalue weighted by Crippen LogP contribution is -2.28. The molecule has 104 valence electrons. The summed E-state index contributed by atoms with van der Waals surface area (Å²) in [5.74, 6) is 2.92. The molecule has 0 radical (unpaired) electrons. The third kappa shape index (κ3) is 3.25. The normalized spacial score (nSPS) is 27.1. The van der Waals surface area contributed by atoms with E-state index in [1.165, 1.54) is 44.2 Å². The Hall–Kier alpha value is -0.700. The van der Waals surface area contributed by atoms with E-state index in [0.29, 0.717) is 6.04 Å². The first-order valence-corrected chi connectivity index (χ1v) is 8.15. The van der Waals surface area contributed by atoms with Crippen LogP contribution in [0.15, 0.2) is 22.7 Å². The van der Waals surface area contributed by atoms with Crippen molar-refractivity contribution in [1.82, 2.24) is 0 Å². The summed E-state index contributed by atoms with van der Waals surface area (Å²) in [7, 11) is 1.72. The zero-order chi connectivity index (χ0) is 13.2. The van der Waals surface area contributed by atoms with Crippen molar-refractivity contribution < 1.29 is 4.74 Å². The molecule has 2 saturated carbocycles. The Bertz CT molecular complexity index is 444. The van der Waals surface area contributed by atoms with Gasteiger partial charge in [-0.2, -0.15) is 0 Å². The lowest BCUT2D eigenvalue weighted by Gasteiger charge is -2.30. The van der Waals surface area contributed by atoms with Crippen LogP contribution >= 0.6 is 15.9 Å². The maximum Gasteiger partial charge on any atom is 0.135 e. The highest BCUT2D eigenvalue weighted by Crippen LogP contribution is 2.44. The van der Waals surface area contributed by atoms with Gasteiger partial charge >= 0.3 is 0 Å². The van der Waals surface area contributed by atoms with E-state index in [1.807, 2.05) is 0 Å². The number of hydrogen-bond acceptors (Lipinski definition) is 2. The maximum atomic E-state index is 5.36. The summed E-state index contributed by atoms with van der Waals surface area (Å²) in [4.78, 5) is 0. The van der Waals surface area contributed by atoms with Gasteiger partial charge < -0.3 is 10.1 Å². The molecular weight excluding hydrogens is 302 g/mol. The summed E-state index contributed by atoms with van der Waals surface area (Å²) in [5.41, 5.74) is 1.18. The molecule has 1 aromatic carbocycles. The molecule has 2 nitrogen and oxygen atoms in total. The van der Waals surface area contributed by atoms with Crippen LogP contribution in [-0.2, 0) is 0 Å². The quantitative estimate of drug-likeness (QED) is 0.856. The van der Waals surface area contributed by atoms with Crippen molar-refractivity contribution in [3.05, 3.63) is 22.7 Å². The summed E-state index contributed by atoms with van der Waals surface area (Å²) < 4.78 is 6.37. The third-order valence-electron chi connectivity index (χ3n) is 4.53. The molecule has 19 heavy (non-hydrogen) atoms. The molecule has 0 heterocycles. The van der Waals surface area contributed by atoms with Gasteiger partial charge in [-0.15, -0.1) is 0 Å². The molecule has 1 aromatic rings. The fourth-order valence-corrected chi connectivity index (χ4v) is 3.75. The smallest absolute Gasteiger partial charge is 0.135 e. The number of ether oxygens (including phenoxy) is 1. The second kappa shape index (κ2) is 5.74. The summed E-state index contributed by atoms with van der Waals surface area (Å²) in [6, 6.07) is 6.92. The van der Waals surface area contributed by atoms with E-state index in [2.05, 4.69) is 39.4 Å². The summed E-state index contributed by atoms with van der Waals surface area (Å²) in [6.07, 6.45) is 8.44. The number of hydrogen-bond donors (Lipinski definition) is 1. The second-order valence-electron chi connectivity index (χ2n) is 5.95. The highest BCUT2D eigenvalue weighted by atomic mass is 79.9. The largest absolute Gasteiger partial charge is 0.495 e. The molecule has 0 aliphatic heterocycles. The second-order valence-corrected chi connectivity index (χ2v) is 6.81. The van der Waals surface area contributed by atoms with E-state index in [9.17, 15) is 0 Å². The fourth-order valence-electron chi connectivity index (χ4n) is 3.34. The zero-order valence-electron chi connectivity index (χ0n) is 11.5. The van der Waals surface area contributed by atoms with Crippen LogP contribution in [0.5, 0.6) is 5.75 Å². The Balaban J connectivity index is 1.63. The van der Waals surface area contributed by atoms with Gasteiger partial charge in [0.15, 0.2) is 0 Å². The first-order chi connectivity index (χ1) is 9.26. The molecule has 2 aliphatic rings. The van der Waals surface area contributed by atoms with Gasteiger partial charge in [0.1, 0.15) is 5.75 Å². The molecule has 3 heteroatoms. The third-order valence-corrected chi connectivity index (χ3v) is 5.18. The highest BCUT2D eigenvalue weighted by Gasteiger charge is 2.34. The van der Waals surface area contributed by atoms with Gasteiger partial charge in [0.05, 0.1) is 11.6 Å². The molecule has 3 rings (SSSR count). The van der Waals surface area contributed by atoms with Gasteiger partial charge in [0, 0.05) is 17.8 Å². The van der Waals surface area contributed by atoms with Crippen LogP contribution in [0, 0.1) is 11.8 Å². The lowest BCUT2D eigenvalue weighted by molar-refractivity contribution is 0.303. The van der Waals surface area contributed by atoms with Crippen LogP contribution in [-0.4, -0.2) is 13.2 Å². The van der Waals surface area contributed by atoms with E-state index in [-0.39, 0.29) is 0 Å². The van der Waals surface area contributed by atoms with Gasteiger partial charge in [0.25, 0.3) is 0 Å². The van der Waals surface area contributed by atoms with Gasteiger partial charge in [0.2, 0.25) is 0 Å². The summed E-state index contributed by atoms with van der Waals surface area (Å²) in [6.45, 7) is 0. The Morgan fingerprint density at radius 1 is 1.16 bits per heavy atom. The van der Waals surface area contributed by atoms with Gasteiger partial charge in [-0.25, -0.2) is 0 Å². The van der Waals surface area contributed by atoms with Crippen LogP contribution in [0.2, 0.25) is 0 Å². The Labute approximate surface area is 124 Å². The first kappa shape index (κ1) is 13.3. The number of benzene rings is 1. The van der Waals surface area contributed by atoms with Crippen LogP contribution in [0.4, 0.5) is 5.69 Å². The molecule has 1 N–H and O–H groups in total. The molecule has 0 bridgehead atoms. The van der Waals surface area contributed by atoms with Crippen molar-refractivity contribution in [2.24, 2.45) is 11.8 Å². The van der Waals surface area contributed by atoms with E-state index in [4.69, 9.17) is 4.74 Å². The fraction of sp³-hybridized carbons (Fsp3) is 0.625. The first-order valence-electron chi connectivity index (χ1n) is 7.36. The minimum atomic E-state index is 0.644. The predicted octanol–water partition coefficient (Wildman–Crippen LogP) is 4.84. The Kier molecular flexibility index (Phi) is 4.01. The summed E-state index contributed by atoms with van der Waals surface area (Å²) in [5, 5.41) is 3.69. The van der Waals surface area contributed by atoms with E-state index in [0.717, 1.165) is 22.1 Å². The van der Waals surface area contributed by atoms with Gasteiger partial charge in [-0.3, -0.25) is 0 Å². The van der Waals surface area contributed by atoms with Crippen LogP contribution in [0.1, 0.15) is 38.5 Å². The monoisotopic (exact) mass is 323 g/mol. The zero-order valence-corrected chi connectivity index (χ0v) is 13.1. The van der Waals surface area contributed by atoms with Crippen molar-refractivity contribution in [2.45, 2.75) is 44.6 Å². The molecular formula is C16H22BrNO. The Morgan fingerprint density at radius 2 is 2.00 bits per heavy atom. The molecule has 0 saturated heterocycles. The maximum absolute atomic E-state index is 5.36. The molecule has 2 aliphatic carbocycles. The average Bonchev–Trinajstić information content (AvgIpc) is 3.26. The van der Waals surface area contributed by atoms with Crippen molar-refractivity contribution in [3.63, 3.8) is 0 Å². The van der Waals surface area contributed by atoms with Crippen LogP contribution < -0.4 is 10.1 Å². The van der Waals surface area contributed by atoms with Gasteiger partial charge in [-0.1, -0.05) is 12.8 Å². The number of halogens is 1. The van der Waals surface area contributed by atoms with Crippen LogP contribution in [0.3, 0.4) is 0 Å². The molecule has 0 amide bonds. The van der Waals surface area contributed by atoms with Crippen molar-refractivity contribution in [2.75, 3.05) is 12.4 Å². The standard InChI is InChI=1S/C16H22BrNO/c1-19-16-10-14(7-8-15(16)17)18-13-4-2-3-12(9-13)11-5-6-11/h7-8,10-13,18H,2-6,9H2,1H3. The molecule has 2 atom stereocenters. The molecule has 0 spiro atoms. The van der Waals surface area contributed by atoms with E-state index < -0.39 is 0 Å². The van der Waals surface area contributed by atoms with Crippen LogP contribution in [0.25, 0.3) is 0 Å². The average molecular weight is 324 g/mol. The van der Waals surface area contributed by atoms with Crippen molar-refractivity contribution >= 4 is 21.6 Å². The SMILES string of the molecule is COc1cc(NC2CCCC(C3CC3)C2)ccc1Br. The topological polar surface area (TPSA) is 21.3 Å². The Morgan fingerprint density at radius 3 is 2.74 bits per heavy atom.